The number of nitrogens with zero attached hydrogens (tertiary/aromatic N) is 2. The van der Waals surface area contributed by atoms with Crippen LogP contribution >= 0.6 is 0 Å². The third-order valence-electron chi connectivity index (χ3n) is 6.01. The molecule has 0 N–H and O–H groups in total. The highest BCUT2D eigenvalue weighted by Crippen LogP contribution is 2.43. The number of hydrogen-bond acceptors (Lipinski definition) is 6. The molecule has 0 saturated heterocycles. The predicted molar refractivity (Wildman–Crippen MR) is 140 cm³/mol. The summed E-state index contributed by atoms with van der Waals surface area (Å²) in [5.74, 6) is 2.00. The van der Waals surface area contributed by atoms with Crippen molar-refractivity contribution in [3.63, 3.8) is 0 Å². The van der Waals surface area contributed by atoms with E-state index in [9.17, 15) is 0 Å². The average Bonchev–Trinajstić information content (AvgIpc) is 3.33. The Bertz CT molecular complexity index is 1400. The normalized spacial score (nSPS) is 11.9. The third kappa shape index (κ3) is 5.24. The summed E-state index contributed by atoms with van der Waals surface area (Å²) in [5.41, 5.74) is 4.45. The Morgan fingerprint density at radius 3 is 2.28 bits per heavy atom. The molecule has 0 aliphatic heterocycles. The molecule has 0 spiro atoms. The molecular weight excluding hydrogens is 452 g/mol. The molecule has 182 valence electrons. The van der Waals surface area contributed by atoms with E-state index in [1.54, 1.807) is 7.11 Å². The zero-order chi connectivity index (χ0) is 24.7. The smallest absolute Gasteiger partial charge is 0.234 e. The molecular formula is C30H28N2O4. The first-order valence-electron chi connectivity index (χ1n) is 12.0. The lowest BCUT2D eigenvalue weighted by atomic mass is 9.99. The maximum atomic E-state index is 6.26. The average molecular weight is 481 g/mol. The fraction of sp³-hybridized carbons (Fsp3) is 0.200. The zero-order valence-corrected chi connectivity index (χ0v) is 20.4. The Hall–Kier alpha value is -4.16. The quantitative estimate of drug-likeness (QED) is 0.216. The molecule has 0 bridgehead atoms. The van der Waals surface area contributed by atoms with Gasteiger partial charge in [-0.05, 0) is 30.2 Å². The van der Waals surface area contributed by atoms with Crippen LogP contribution in [0.2, 0.25) is 0 Å². The van der Waals surface area contributed by atoms with Crippen molar-refractivity contribution in [2.45, 2.75) is 26.1 Å². The van der Waals surface area contributed by atoms with Gasteiger partial charge in [0.1, 0.15) is 23.2 Å². The summed E-state index contributed by atoms with van der Waals surface area (Å²) < 4.78 is 23.8. The minimum absolute atomic E-state index is 0.0350. The standard InChI is InChI=1S/C30H28N2O4/c1-21(35-19-22-9-5-3-6-10-22)17-18-34-29-27-26(23-13-15-25(33-2)16-14-23)28(24-11-7-4-8-12-24)36-30(27)32-20-31-29/h3-16,20-21H,17-19H2,1-2H3/t21-/m1/s1. The van der Waals surface area contributed by atoms with Gasteiger partial charge in [-0.1, -0.05) is 72.8 Å². The lowest BCUT2D eigenvalue weighted by Gasteiger charge is -2.14. The number of ether oxygens (including phenoxy) is 3. The summed E-state index contributed by atoms with van der Waals surface area (Å²) in [6.07, 6.45) is 2.23. The Labute approximate surface area is 210 Å². The van der Waals surface area contributed by atoms with Gasteiger partial charge >= 0.3 is 0 Å². The van der Waals surface area contributed by atoms with Crippen molar-refractivity contribution in [1.82, 2.24) is 9.97 Å². The van der Waals surface area contributed by atoms with E-state index >= 15 is 0 Å². The summed E-state index contributed by atoms with van der Waals surface area (Å²) in [7, 11) is 1.65. The lowest BCUT2D eigenvalue weighted by Crippen LogP contribution is -2.13. The van der Waals surface area contributed by atoms with Crippen molar-refractivity contribution in [3.05, 3.63) is 96.8 Å². The van der Waals surface area contributed by atoms with Gasteiger partial charge in [-0.25, -0.2) is 9.97 Å². The van der Waals surface area contributed by atoms with Crippen molar-refractivity contribution in [2.75, 3.05) is 13.7 Å². The van der Waals surface area contributed by atoms with Crippen LogP contribution in [0, 0.1) is 0 Å². The van der Waals surface area contributed by atoms with Gasteiger partial charge in [0.15, 0.2) is 0 Å². The molecule has 0 radical (unpaired) electrons. The predicted octanol–water partition coefficient (Wildman–Crippen LogP) is 6.94. The summed E-state index contributed by atoms with van der Waals surface area (Å²) in [5, 5.41) is 0.749. The summed E-state index contributed by atoms with van der Waals surface area (Å²) >= 11 is 0. The second-order valence-corrected chi connectivity index (χ2v) is 8.50. The minimum atomic E-state index is 0.0350. The highest BCUT2D eigenvalue weighted by Gasteiger charge is 2.23. The highest BCUT2D eigenvalue weighted by molar-refractivity contribution is 6.03. The van der Waals surface area contributed by atoms with Gasteiger partial charge in [0.2, 0.25) is 11.6 Å². The number of hydrogen-bond donors (Lipinski definition) is 0. The fourth-order valence-electron chi connectivity index (χ4n) is 4.06. The van der Waals surface area contributed by atoms with Crippen LogP contribution < -0.4 is 9.47 Å². The van der Waals surface area contributed by atoms with Gasteiger partial charge in [-0.3, -0.25) is 0 Å². The third-order valence-corrected chi connectivity index (χ3v) is 6.01. The van der Waals surface area contributed by atoms with Crippen LogP contribution in [0.5, 0.6) is 11.6 Å². The highest BCUT2D eigenvalue weighted by atomic mass is 16.5. The number of rotatable bonds is 10. The van der Waals surface area contributed by atoms with Crippen molar-refractivity contribution >= 4 is 11.1 Å². The van der Waals surface area contributed by atoms with Crippen molar-refractivity contribution in [1.29, 1.82) is 0 Å². The van der Waals surface area contributed by atoms with Gasteiger partial charge in [0.25, 0.3) is 0 Å². The molecule has 1 atom stereocenters. The van der Waals surface area contributed by atoms with Gasteiger partial charge in [0, 0.05) is 17.5 Å². The fourth-order valence-corrected chi connectivity index (χ4v) is 4.06. The largest absolute Gasteiger partial charge is 0.497 e. The summed E-state index contributed by atoms with van der Waals surface area (Å²) in [4.78, 5) is 8.87. The van der Waals surface area contributed by atoms with E-state index in [0.717, 1.165) is 45.6 Å². The SMILES string of the molecule is COc1ccc(-c2c(-c3ccccc3)oc3ncnc(OCC[C@@H](C)OCc4ccccc4)c23)cc1. The molecule has 6 heteroatoms. The molecule has 0 aliphatic carbocycles. The molecule has 6 nitrogen and oxygen atoms in total. The molecule has 0 unspecified atom stereocenters. The summed E-state index contributed by atoms with van der Waals surface area (Å²) in [6.45, 7) is 3.08. The van der Waals surface area contributed by atoms with E-state index in [1.165, 1.54) is 6.33 Å². The molecule has 0 saturated carbocycles. The van der Waals surface area contributed by atoms with Gasteiger partial charge in [-0.2, -0.15) is 0 Å². The Kier molecular flexibility index (Phi) is 7.24. The van der Waals surface area contributed by atoms with E-state index in [0.29, 0.717) is 24.8 Å². The molecule has 2 heterocycles. The van der Waals surface area contributed by atoms with Crippen molar-refractivity contribution in [3.8, 4) is 34.1 Å². The molecule has 0 fully saturated rings. The molecule has 0 amide bonds. The number of aromatic nitrogens is 2. The lowest BCUT2D eigenvalue weighted by molar-refractivity contribution is 0.0384. The zero-order valence-electron chi connectivity index (χ0n) is 20.4. The first-order chi connectivity index (χ1) is 17.7. The number of fused-ring (bicyclic) bond motifs is 1. The minimum Gasteiger partial charge on any atom is -0.497 e. The van der Waals surface area contributed by atoms with Crippen LogP contribution in [-0.4, -0.2) is 29.8 Å². The Morgan fingerprint density at radius 1 is 0.833 bits per heavy atom. The van der Waals surface area contributed by atoms with Crippen LogP contribution in [0.15, 0.2) is 95.7 Å². The van der Waals surface area contributed by atoms with E-state index < -0.39 is 0 Å². The van der Waals surface area contributed by atoms with Crippen LogP contribution in [0.25, 0.3) is 33.6 Å². The van der Waals surface area contributed by atoms with Crippen molar-refractivity contribution < 1.29 is 18.6 Å². The first-order valence-corrected chi connectivity index (χ1v) is 12.0. The van der Waals surface area contributed by atoms with Crippen molar-refractivity contribution in [2.24, 2.45) is 0 Å². The second-order valence-electron chi connectivity index (χ2n) is 8.50. The van der Waals surface area contributed by atoms with Crippen LogP contribution in [-0.2, 0) is 11.3 Å². The Balaban J connectivity index is 1.41. The van der Waals surface area contributed by atoms with E-state index in [4.69, 9.17) is 18.6 Å². The van der Waals surface area contributed by atoms with E-state index in [2.05, 4.69) is 29.0 Å². The molecule has 2 aromatic heterocycles. The van der Waals surface area contributed by atoms with Gasteiger partial charge in [0.05, 0.1) is 26.4 Å². The molecule has 5 aromatic rings. The monoisotopic (exact) mass is 480 g/mol. The first kappa shape index (κ1) is 23.6. The van der Waals surface area contributed by atoms with E-state index in [1.807, 2.05) is 72.8 Å². The Morgan fingerprint density at radius 2 is 1.56 bits per heavy atom. The van der Waals surface area contributed by atoms with Gasteiger partial charge < -0.3 is 18.6 Å². The molecule has 3 aromatic carbocycles. The number of benzene rings is 3. The summed E-state index contributed by atoms with van der Waals surface area (Å²) in [6, 6.07) is 28.0. The number of furan rings is 1. The maximum Gasteiger partial charge on any atom is 0.234 e. The van der Waals surface area contributed by atoms with Crippen LogP contribution in [0.3, 0.4) is 0 Å². The molecule has 36 heavy (non-hydrogen) atoms. The topological polar surface area (TPSA) is 66.6 Å². The molecule has 5 rings (SSSR count). The van der Waals surface area contributed by atoms with E-state index in [-0.39, 0.29) is 6.10 Å². The van der Waals surface area contributed by atoms with Gasteiger partial charge in [-0.15, -0.1) is 0 Å². The number of methoxy groups -OCH3 is 1. The maximum absolute atomic E-state index is 6.26. The van der Waals surface area contributed by atoms with Crippen LogP contribution in [0.1, 0.15) is 18.9 Å². The van der Waals surface area contributed by atoms with Crippen LogP contribution in [0.4, 0.5) is 0 Å². The second kappa shape index (κ2) is 11.1. The molecule has 0 aliphatic rings.